The molecule has 2 rings (SSSR count). The first-order valence-corrected chi connectivity index (χ1v) is 7.03. The van der Waals surface area contributed by atoms with Gasteiger partial charge in [-0.25, -0.2) is 17.5 Å². The number of nitrogens with one attached hydrogen (secondary N) is 1. The normalized spacial score (nSPS) is 18.1. The minimum Gasteiger partial charge on any atom is -0.207 e. The molecule has 94 valence electrons. The maximum atomic E-state index is 13.1. The van der Waals surface area contributed by atoms with Crippen LogP contribution in [0.1, 0.15) is 30.9 Å². The molecule has 1 fully saturated rings. The van der Waals surface area contributed by atoms with E-state index in [9.17, 15) is 12.8 Å². The molecule has 1 aromatic rings. The van der Waals surface area contributed by atoms with Gasteiger partial charge in [-0.2, -0.15) is 0 Å². The zero-order valence-corrected chi connectivity index (χ0v) is 11.0. The van der Waals surface area contributed by atoms with Crippen LogP contribution in [0.2, 0.25) is 0 Å². The number of rotatable bonds is 3. The van der Waals surface area contributed by atoms with Crippen LogP contribution in [0.4, 0.5) is 4.39 Å². The van der Waals surface area contributed by atoms with E-state index in [2.05, 4.69) is 4.72 Å². The molecule has 1 N–H and O–H groups in total. The van der Waals surface area contributed by atoms with Gasteiger partial charge in [0, 0.05) is 5.54 Å². The highest BCUT2D eigenvalue weighted by molar-refractivity contribution is 7.89. The van der Waals surface area contributed by atoms with Crippen LogP contribution in [0.15, 0.2) is 17.0 Å². The summed E-state index contributed by atoms with van der Waals surface area (Å²) < 4.78 is 40.2. The predicted molar refractivity (Wildman–Crippen MR) is 63.8 cm³/mol. The van der Waals surface area contributed by atoms with E-state index in [1.54, 1.807) is 13.8 Å². The Balaban J connectivity index is 2.46. The second-order valence-corrected chi connectivity index (χ2v) is 6.65. The molecule has 1 saturated carbocycles. The Morgan fingerprint density at radius 1 is 1.24 bits per heavy atom. The van der Waals surface area contributed by atoms with E-state index in [1.165, 1.54) is 12.1 Å². The Bertz CT molecular complexity index is 539. The first-order valence-electron chi connectivity index (χ1n) is 5.54. The van der Waals surface area contributed by atoms with Crippen LogP contribution in [0.5, 0.6) is 0 Å². The summed E-state index contributed by atoms with van der Waals surface area (Å²) in [6.07, 6.45) is 1.71. The lowest BCUT2D eigenvalue weighted by Crippen LogP contribution is -2.35. The van der Waals surface area contributed by atoms with Crippen molar-refractivity contribution in [1.29, 1.82) is 0 Å². The van der Waals surface area contributed by atoms with Gasteiger partial charge in [-0.3, -0.25) is 0 Å². The average Bonchev–Trinajstić information content (AvgIpc) is 2.78. The van der Waals surface area contributed by atoms with Gasteiger partial charge in [0.05, 0.1) is 4.90 Å². The first-order chi connectivity index (χ1) is 7.73. The molecule has 0 heterocycles. The maximum Gasteiger partial charge on any atom is 0.241 e. The Morgan fingerprint density at radius 2 is 1.71 bits per heavy atom. The van der Waals surface area contributed by atoms with Crippen LogP contribution in [0.3, 0.4) is 0 Å². The molecule has 17 heavy (non-hydrogen) atoms. The highest BCUT2D eigenvalue weighted by atomic mass is 32.2. The number of hydrogen-bond acceptors (Lipinski definition) is 2. The van der Waals surface area contributed by atoms with Gasteiger partial charge < -0.3 is 0 Å². The van der Waals surface area contributed by atoms with Gasteiger partial charge in [0.2, 0.25) is 10.0 Å². The molecule has 0 aliphatic heterocycles. The van der Waals surface area contributed by atoms with Gasteiger partial charge in [0.1, 0.15) is 5.82 Å². The van der Waals surface area contributed by atoms with Crippen molar-refractivity contribution in [1.82, 2.24) is 4.72 Å². The minimum atomic E-state index is -3.55. The van der Waals surface area contributed by atoms with Crippen molar-refractivity contribution in [3.05, 3.63) is 29.1 Å². The van der Waals surface area contributed by atoms with Crippen LogP contribution in [0, 0.1) is 19.7 Å². The maximum absolute atomic E-state index is 13.1. The fraction of sp³-hybridized carbons (Fsp3) is 0.500. The molecule has 1 aliphatic rings. The van der Waals surface area contributed by atoms with Gasteiger partial charge >= 0.3 is 0 Å². The fourth-order valence-corrected chi connectivity index (χ4v) is 3.91. The van der Waals surface area contributed by atoms with E-state index >= 15 is 0 Å². The van der Waals surface area contributed by atoms with Crippen molar-refractivity contribution < 1.29 is 12.8 Å². The van der Waals surface area contributed by atoms with Crippen molar-refractivity contribution in [3.8, 4) is 0 Å². The number of sulfonamides is 1. The smallest absolute Gasteiger partial charge is 0.207 e. The molecule has 1 aromatic carbocycles. The third-order valence-corrected chi connectivity index (χ3v) is 5.02. The Kier molecular flexibility index (Phi) is 2.78. The first kappa shape index (κ1) is 12.5. The lowest BCUT2D eigenvalue weighted by atomic mass is 10.1. The molecule has 0 spiro atoms. The molecule has 1 aliphatic carbocycles. The van der Waals surface area contributed by atoms with Crippen molar-refractivity contribution in [2.75, 3.05) is 0 Å². The second-order valence-electron chi connectivity index (χ2n) is 5.03. The standard InChI is InChI=1S/C12H16FNO2S/c1-8-6-10(13)7-9(2)11(8)17(15,16)14-12(3)4-5-12/h6-7,14H,4-5H2,1-3H3. The Morgan fingerprint density at radius 3 is 2.12 bits per heavy atom. The summed E-state index contributed by atoms with van der Waals surface area (Å²) in [7, 11) is -3.55. The Hall–Kier alpha value is -0.940. The number of hydrogen-bond donors (Lipinski definition) is 1. The van der Waals surface area contributed by atoms with Crippen LogP contribution >= 0.6 is 0 Å². The molecule has 0 amide bonds. The molecule has 5 heteroatoms. The lowest BCUT2D eigenvalue weighted by Gasteiger charge is -2.15. The van der Waals surface area contributed by atoms with E-state index in [1.807, 2.05) is 6.92 Å². The minimum absolute atomic E-state index is 0.201. The quantitative estimate of drug-likeness (QED) is 0.903. The molecular weight excluding hydrogens is 241 g/mol. The summed E-state index contributed by atoms with van der Waals surface area (Å²) in [5.41, 5.74) is 0.574. The van der Waals surface area contributed by atoms with Gasteiger partial charge in [-0.05, 0) is 56.9 Å². The van der Waals surface area contributed by atoms with E-state index in [-0.39, 0.29) is 10.4 Å². The van der Waals surface area contributed by atoms with E-state index in [4.69, 9.17) is 0 Å². The highest BCUT2D eigenvalue weighted by Gasteiger charge is 2.41. The van der Waals surface area contributed by atoms with Gasteiger partial charge in [0.15, 0.2) is 0 Å². The van der Waals surface area contributed by atoms with E-state index in [0.717, 1.165) is 12.8 Å². The summed E-state index contributed by atoms with van der Waals surface area (Å²) in [4.78, 5) is 0.201. The topological polar surface area (TPSA) is 46.2 Å². The third-order valence-electron chi connectivity index (χ3n) is 3.07. The average molecular weight is 257 g/mol. The highest BCUT2D eigenvalue weighted by Crippen LogP contribution is 2.36. The largest absolute Gasteiger partial charge is 0.241 e. The zero-order valence-electron chi connectivity index (χ0n) is 10.2. The van der Waals surface area contributed by atoms with Gasteiger partial charge in [-0.15, -0.1) is 0 Å². The van der Waals surface area contributed by atoms with Crippen molar-refractivity contribution in [2.45, 2.75) is 44.0 Å². The van der Waals surface area contributed by atoms with Gasteiger partial charge in [0.25, 0.3) is 0 Å². The van der Waals surface area contributed by atoms with E-state index in [0.29, 0.717) is 11.1 Å². The van der Waals surface area contributed by atoms with Crippen LogP contribution in [0.25, 0.3) is 0 Å². The molecule has 0 bridgehead atoms. The summed E-state index contributed by atoms with van der Waals surface area (Å²) >= 11 is 0. The molecule has 0 radical (unpaired) electrons. The molecule has 3 nitrogen and oxygen atoms in total. The molecular formula is C12H16FNO2S. The summed E-state index contributed by atoms with van der Waals surface area (Å²) in [5, 5.41) is 0. The summed E-state index contributed by atoms with van der Waals surface area (Å²) in [5.74, 6) is -0.406. The second kappa shape index (κ2) is 3.78. The van der Waals surface area contributed by atoms with Crippen LogP contribution < -0.4 is 4.72 Å². The summed E-state index contributed by atoms with van der Waals surface area (Å²) in [6, 6.07) is 2.49. The van der Waals surface area contributed by atoms with Crippen LogP contribution in [-0.2, 0) is 10.0 Å². The monoisotopic (exact) mass is 257 g/mol. The number of halogens is 1. The zero-order chi connectivity index (χ0) is 12.8. The number of aryl methyl sites for hydroxylation is 2. The summed E-state index contributed by atoms with van der Waals surface area (Å²) in [6.45, 7) is 5.10. The van der Waals surface area contributed by atoms with Crippen molar-refractivity contribution >= 4 is 10.0 Å². The Labute approximate surface area is 101 Å². The molecule has 0 saturated heterocycles. The fourth-order valence-electron chi connectivity index (χ4n) is 1.99. The van der Waals surface area contributed by atoms with Crippen LogP contribution in [-0.4, -0.2) is 14.0 Å². The lowest BCUT2D eigenvalue weighted by molar-refractivity contribution is 0.556. The van der Waals surface area contributed by atoms with Gasteiger partial charge in [-0.1, -0.05) is 0 Å². The molecule has 0 aromatic heterocycles. The molecule has 0 unspecified atom stereocenters. The SMILES string of the molecule is Cc1cc(F)cc(C)c1S(=O)(=O)NC1(C)CC1. The van der Waals surface area contributed by atoms with E-state index < -0.39 is 15.8 Å². The van der Waals surface area contributed by atoms with Crippen molar-refractivity contribution in [2.24, 2.45) is 0 Å². The third kappa shape index (κ3) is 2.50. The predicted octanol–water partition coefficient (Wildman–Crippen LogP) is 2.27. The number of benzene rings is 1. The van der Waals surface area contributed by atoms with Crippen molar-refractivity contribution in [3.63, 3.8) is 0 Å². The molecule has 0 atom stereocenters.